The van der Waals surface area contributed by atoms with Gasteiger partial charge in [0.05, 0.1) is 18.4 Å². The third kappa shape index (κ3) is 2.95. The Labute approximate surface area is 120 Å². The summed E-state index contributed by atoms with van der Waals surface area (Å²) < 4.78 is 10.9. The van der Waals surface area contributed by atoms with Gasteiger partial charge >= 0.3 is 0 Å². The highest BCUT2D eigenvalue weighted by atomic mass is 16.5. The van der Waals surface area contributed by atoms with E-state index in [9.17, 15) is 0 Å². The molecule has 0 aromatic carbocycles. The summed E-state index contributed by atoms with van der Waals surface area (Å²) in [6.07, 6.45) is 2.54. The molecule has 0 bridgehead atoms. The molecular formula is C15H23N3O2. The molecule has 5 heteroatoms. The largest absolute Gasteiger partial charge is 0.384 e. The van der Waals surface area contributed by atoms with Crippen LogP contribution >= 0.6 is 0 Å². The molecule has 0 spiro atoms. The highest BCUT2D eigenvalue weighted by Gasteiger charge is 2.26. The number of aromatic nitrogens is 1. The molecule has 2 aliphatic heterocycles. The predicted octanol–water partition coefficient (Wildman–Crippen LogP) is 1.39. The summed E-state index contributed by atoms with van der Waals surface area (Å²) in [4.78, 5) is 6.97. The van der Waals surface area contributed by atoms with Crippen molar-refractivity contribution < 1.29 is 9.47 Å². The Hall–Kier alpha value is -1.17. The van der Waals surface area contributed by atoms with Gasteiger partial charge in [0.25, 0.3) is 0 Å². The van der Waals surface area contributed by atoms with E-state index in [0.717, 1.165) is 51.4 Å². The van der Waals surface area contributed by atoms with Crippen LogP contribution in [0, 0.1) is 0 Å². The molecule has 0 saturated carbocycles. The van der Waals surface area contributed by atoms with Crippen molar-refractivity contribution >= 4 is 5.82 Å². The van der Waals surface area contributed by atoms with Crippen LogP contribution in [0.15, 0.2) is 12.1 Å². The second-order valence-corrected chi connectivity index (χ2v) is 5.71. The fourth-order valence-corrected chi connectivity index (χ4v) is 3.15. The molecule has 2 N–H and O–H groups in total. The summed E-state index contributed by atoms with van der Waals surface area (Å²) in [5, 5.41) is 0. The molecule has 2 fully saturated rings. The van der Waals surface area contributed by atoms with Crippen LogP contribution in [-0.4, -0.2) is 49.4 Å². The number of anilines is 1. The molecule has 0 amide bonds. The molecule has 5 nitrogen and oxygen atoms in total. The molecule has 0 aliphatic carbocycles. The lowest BCUT2D eigenvalue weighted by Crippen LogP contribution is -2.24. The molecule has 110 valence electrons. The van der Waals surface area contributed by atoms with Crippen molar-refractivity contribution in [3.63, 3.8) is 0 Å². The number of methoxy groups -OCH3 is 1. The van der Waals surface area contributed by atoms with E-state index in [4.69, 9.17) is 15.2 Å². The van der Waals surface area contributed by atoms with Crippen LogP contribution in [0.2, 0.25) is 0 Å². The summed E-state index contributed by atoms with van der Waals surface area (Å²) in [7, 11) is 1.79. The number of hydrogen-bond donors (Lipinski definition) is 1. The van der Waals surface area contributed by atoms with Gasteiger partial charge < -0.3 is 15.2 Å². The Bertz CT molecular complexity index is 460. The lowest BCUT2D eigenvalue weighted by molar-refractivity contribution is 0.107. The summed E-state index contributed by atoms with van der Waals surface area (Å²) in [5.74, 6) is 1.07. The summed E-state index contributed by atoms with van der Waals surface area (Å²) in [5.41, 5.74) is 8.28. The zero-order chi connectivity index (χ0) is 13.9. The van der Waals surface area contributed by atoms with Crippen LogP contribution in [0.1, 0.15) is 30.0 Å². The molecule has 20 heavy (non-hydrogen) atoms. The van der Waals surface area contributed by atoms with Gasteiger partial charge in [0.2, 0.25) is 0 Å². The van der Waals surface area contributed by atoms with Gasteiger partial charge in [0.15, 0.2) is 0 Å². The van der Waals surface area contributed by atoms with E-state index in [1.807, 2.05) is 6.07 Å². The third-order valence-electron chi connectivity index (χ3n) is 4.34. The number of nitrogens with zero attached hydrogens (tertiary/aromatic N) is 2. The minimum absolute atomic E-state index is 0.356. The lowest BCUT2D eigenvalue weighted by Gasteiger charge is -2.19. The van der Waals surface area contributed by atoms with E-state index in [1.54, 1.807) is 7.11 Å². The minimum Gasteiger partial charge on any atom is -0.384 e. The van der Waals surface area contributed by atoms with E-state index in [2.05, 4.69) is 16.0 Å². The number of likely N-dealkylation sites (tertiary alicyclic amines) is 1. The van der Waals surface area contributed by atoms with Crippen molar-refractivity contribution in [2.24, 2.45) is 0 Å². The summed E-state index contributed by atoms with van der Waals surface area (Å²) in [6, 6.07) is 4.03. The van der Waals surface area contributed by atoms with E-state index < -0.39 is 0 Å². The van der Waals surface area contributed by atoms with Crippen LogP contribution in [0.4, 0.5) is 5.82 Å². The van der Waals surface area contributed by atoms with Crippen molar-refractivity contribution in [3.05, 3.63) is 23.4 Å². The lowest BCUT2D eigenvalue weighted by atomic mass is 9.96. The SMILES string of the molecule is CO[C@H]1CCN(Cc2nc(N)ccc2C2CCOC2)C1. The number of hydrogen-bond acceptors (Lipinski definition) is 5. The van der Waals surface area contributed by atoms with Crippen molar-refractivity contribution in [1.82, 2.24) is 9.88 Å². The molecule has 1 aromatic rings. The van der Waals surface area contributed by atoms with Crippen LogP contribution < -0.4 is 5.73 Å². The Kier molecular flexibility index (Phi) is 4.19. The van der Waals surface area contributed by atoms with Gasteiger partial charge in [0.1, 0.15) is 5.82 Å². The van der Waals surface area contributed by atoms with Crippen LogP contribution in [0.3, 0.4) is 0 Å². The predicted molar refractivity (Wildman–Crippen MR) is 77.5 cm³/mol. The van der Waals surface area contributed by atoms with Crippen molar-refractivity contribution in [1.29, 1.82) is 0 Å². The van der Waals surface area contributed by atoms with Gasteiger partial charge in [-0.15, -0.1) is 0 Å². The molecule has 2 aliphatic rings. The first-order valence-electron chi connectivity index (χ1n) is 7.34. The van der Waals surface area contributed by atoms with E-state index >= 15 is 0 Å². The average molecular weight is 277 g/mol. The molecule has 2 atom stereocenters. The first kappa shape index (κ1) is 13.8. The molecular weight excluding hydrogens is 254 g/mol. The fourth-order valence-electron chi connectivity index (χ4n) is 3.15. The van der Waals surface area contributed by atoms with E-state index in [-0.39, 0.29) is 0 Å². The smallest absolute Gasteiger partial charge is 0.123 e. The zero-order valence-electron chi connectivity index (χ0n) is 12.0. The number of nitrogens with two attached hydrogens (primary N) is 1. The first-order chi connectivity index (χ1) is 9.76. The van der Waals surface area contributed by atoms with Gasteiger partial charge in [-0.25, -0.2) is 4.98 Å². The second-order valence-electron chi connectivity index (χ2n) is 5.71. The summed E-state index contributed by atoms with van der Waals surface area (Å²) in [6.45, 7) is 4.56. The Morgan fingerprint density at radius 2 is 2.35 bits per heavy atom. The van der Waals surface area contributed by atoms with Crippen molar-refractivity contribution in [2.45, 2.75) is 31.4 Å². The fraction of sp³-hybridized carbons (Fsp3) is 0.667. The van der Waals surface area contributed by atoms with Crippen molar-refractivity contribution in [3.8, 4) is 0 Å². The monoisotopic (exact) mass is 277 g/mol. The molecule has 2 saturated heterocycles. The molecule has 3 heterocycles. The Balaban J connectivity index is 1.75. The average Bonchev–Trinajstić information content (AvgIpc) is 3.10. The number of rotatable bonds is 4. The molecule has 1 aromatic heterocycles. The molecule has 3 rings (SSSR count). The molecule has 1 unspecified atom stereocenters. The Morgan fingerprint density at radius 1 is 1.45 bits per heavy atom. The zero-order valence-corrected chi connectivity index (χ0v) is 12.0. The number of ether oxygens (including phenoxy) is 2. The van der Waals surface area contributed by atoms with E-state index in [1.165, 1.54) is 5.56 Å². The Morgan fingerprint density at radius 3 is 3.05 bits per heavy atom. The summed E-state index contributed by atoms with van der Waals surface area (Å²) >= 11 is 0. The van der Waals surface area contributed by atoms with Crippen LogP contribution in [-0.2, 0) is 16.0 Å². The topological polar surface area (TPSA) is 60.6 Å². The van der Waals surface area contributed by atoms with Crippen LogP contribution in [0.25, 0.3) is 0 Å². The van der Waals surface area contributed by atoms with Gasteiger partial charge in [0, 0.05) is 39.3 Å². The number of pyridine rings is 1. The quantitative estimate of drug-likeness (QED) is 0.901. The maximum absolute atomic E-state index is 5.87. The van der Waals surface area contributed by atoms with Gasteiger partial charge in [-0.05, 0) is 24.5 Å². The molecule has 0 radical (unpaired) electrons. The third-order valence-corrected chi connectivity index (χ3v) is 4.34. The van der Waals surface area contributed by atoms with Crippen molar-refractivity contribution in [2.75, 3.05) is 39.1 Å². The van der Waals surface area contributed by atoms with Crippen LogP contribution in [0.5, 0.6) is 0 Å². The maximum Gasteiger partial charge on any atom is 0.123 e. The normalized spacial score (nSPS) is 27.2. The van der Waals surface area contributed by atoms with Gasteiger partial charge in [-0.2, -0.15) is 0 Å². The van der Waals surface area contributed by atoms with E-state index in [0.29, 0.717) is 17.8 Å². The minimum atomic E-state index is 0.356. The highest BCUT2D eigenvalue weighted by molar-refractivity contribution is 5.36. The highest BCUT2D eigenvalue weighted by Crippen LogP contribution is 2.29. The van der Waals surface area contributed by atoms with Gasteiger partial charge in [-0.1, -0.05) is 6.07 Å². The van der Waals surface area contributed by atoms with Gasteiger partial charge in [-0.3, -0.25) is 4.90 Å². The maximum atomic E-state index is 5.87. The standard InChI is InChI=1S/C15H23N3O2/c1-19-12-4-6-18(8-12)9-14-13(2-3-15(16)17-14)11-5-7-20-10-11/h2-3,11-12H,4-10H2,1H3,(H2,16,17)/t11?,12-/m0/s1. The first-order valence-corrected chi connectivity index (χ1v) is 7.34. The second kappa shape index (κ2) is 6.08. The number of nitrogen functional groups attached to an aromatic ring is 1.